The Morgan fingerprint density at radius 2 is 2.09 bits per heavy atom. The summed E-state index contributed by atoms with van der Waals surface area (Å²) in [6, 6.07) is 4.98. The van der Waals surface area contributed by atoms with Gasteiger partial charge in [0.1, 0.15) is 5.82 Å². The van der Waals surface area contributed by atoms with E-state index in [-0.39, 0.29) is 6.61 Å². The van der Waals surface area contributed by atoms with Crippen LogP contribution < -0.4 is 0 Å². The smallest absolute Gasteiger partial charge is 0.408 e. The second-order valence-corrected chi connectivity index (χ2v) is 6.30. The van der Waals surface area contributed by atoms with Crippen molar-refractivity contribution in [1.82, 2.24) is 4.90 Å². The van der Waals surface area contributed by atoms with E-state index in [0.29, 0.717) is 18.4 Å². The monoisotopic (exact) mass is 323 g/mol. The molecule has 0 aromatic heterocycles. The van der Waals surface area contributed by atoms with Crippen LogP contribution in [0.3, 0.4) is 0 Å². The Labute approximate surface area is 135 Å². The van der Waals surface area contributed by atoms with Crippen LogP contribution in [0.2, 0.25) is 0 Å². The van der Waals surface area contributed by atoms with Crippen LogP contribution in [-0.4, -0.2) is 34.7 Å². The summed E-state index contributed by atoms with van der Waals surface area (Å²) in [6.07, 6.45) is -0.0399. The molecule has 0 saturated carbocycles. The average molecular weight is 323 g/mol. The standard InChI is InChI=1S/C17H22FNO4/c1-4-23-15(20)17(2,3)14-9-8-13(19(14)16(21)22)11-6-5-7-12(18)10-11/h5-7,10,13-14H,4,8-9H2,1-3H3,(H,21,22)/t13-,14+/m0/s1. The second kappa shape index (κ2) is 6.56. The third-order valence-electron chi connectivity index (χ3n) is 4.47. The van der Waals surface area contributed by atoms with Crippen molar-refractivity contribution in [2.45, 2.75) is 45.7 Å². The van der Waals surface area contributed by atoms with Crippen LogP contribution in [0.4, 0.5) is 9.18 Å². The number of hydrogen-bond acceptors (Lipinski definition) is 3. The lowest BCUT2D eigenvalue weighted by Gasteiger charge is -2.36. The van der Waals surface area contributed by atoms with E-state index in [1.807, 2.05) is 0 Å². The molecule has 1 heterocycles. The Hall–Kier alpha value is -2.11. The van der Waals surface area contributed by atoms with Gasteiger partial charge in [0.15, 0.2) is 0 Å². The van der Waals surface area contributed by atoms with Gasteiger partial charge in [-0.15, -0.1) is 0 Å². The number of carbonyl (C=O) groups is 2. The van der Waals surface area contributed by atoms with Gasteiger partial charge in [-0.05, 0) is 51.3 Å². The molecule has 5 nitrogen and oxygen atoms in total. The van der Waals surface area contributed by atoms with Crippen molar-refractivity contribution in [3.05, 3.63) is 35.6 Å². The molecule has 1 saturated heterocycles. The first-order valence-electron chi connectivity index (χ1n) is 7.73. The van der Waals surface area contributed by atoms with E-state index in [2.05, 4.69) is 0 Å². The molecule has 1 aliphatic heterocycles. The van der Waals surface area contributed by atoms with Gasteiger partial charge in [0, 0.05) is 0 Å². The lowest BCUT2D eigenvalue weighted by Crippen LogP contribution is -2.48. The van der Waals surface area contributed by atoms with Gasteiger partial charge in [0.2, 0.25) is 0 Å². The van der Waals surface area contributed by atoms with E-state index in [1.165, 1.54) is 17.0 Å². The molecule has 1 aromatic carbocycles. The fourth-order valence-electron chi connectivity index (χ4n) is 3.28. The normalized spacial score (nSPS) is 21.3. The van der Waals surface area contributed by atoms with Crippen molar-refractivity contribution >= 4 is 12.1 Å². The quantitative estimate of drug-likeness (QED) is 0.860. The van der Waals surface area contributed by atoms with Gasteiger partial charge in [0.25, 0.3) is 0 Å². The molecule has 0 radical (unpaired) electrons. The molecule has 2 atom stereocenters. The first-order valence-corrected chi connectivity index (χ1v) is 7.73. The molecule has 1 N–H and O–H groups in total. The van der Waals surface area contributed by atoms with Crippen molar-refractivity contribution < 1.29 is 23.8 Å². The summed E-state index contributed by atoms with van der Waals surface area (Å²) in [4.78, 5) is 25.3. The predicted octanol–water partition coefficient (Wildman–Crippen LogP) is 3.60. The Balaban J connectivity index is 2.33. The summed E-state index contributed by atoms with van der Waals surface area (Å²) >= 11 is 0. The van der Waals surface area contributed by atoms with Crippen molar-refractivity contribution in [1.29, 1.82) is 0 Å². The van der Waals surface area contributed by atoms with Crippen molar-refractivity contribution in [2.75, 3.05) is 6.61 Å². The number of carbonyl (C=O) groups excluding carboxylic acids is 1. The summed E-state index contributed by atoms with van der Waals surface area (Å²) in [5.74, 6) is -0.822. The van der Waals surface area contributed by atoms with Crippen molar-refractivity contribution in [2.24, 2.45) is 5.41 Å². The van der Waals surface area contributed by atoms with E-state index < -0.39 is 35.4 Å². The third-order valence-corrected chi connectivity index (χ3v) is 4.47. The van der Waals surface area contributed by atoms with Gasteiger partial charge >= 0.3 is 12.1 Å². The summed E-state index contributed by atoms with van der Waals surface area (Å²) in [5, 5.41) is 9.64. The maximum Gasteiger partial charge on any atom is 0.408 e. The highest BCUT2D eigenvalue weighted by atomic mass is 19.1. The molecule has 0 bridgehead atoms. The maximum absolute atomic E-state index is 13.5. The van der Waals surface area contributed by atoms with Gasteiger partial charge in [-0.1, -0.05) is 12.1 Å². The molecule has 0 aliphatic carbocycles. The fourth-order valence-corrected chi connectivity index (χ4v) is 3.28. The summed E-state index contributed by atoms with van der Waals surface area (Å²) in [6.45, 7) is 5.35. The lowest BCUT2D eigenvalue weighted by molar-refractivity contribution is -0.156. The number of carboxylic acid groups (broad SMARTS) is 1. The van der Waals surface area contributed by atoms with E-state index >= 15 is 0 Å². The van der Waals surface area contributed by atoms with Crippen LogP contribution >= 0.6 is 0 Å². The molecule has 1 amide bonds. The zero-order chi connectivity index (χ0) is 17.2. The van der Waals surface area contributed by atoms with E-state index in [1.54, 1.807) is 32.9 Å². The van der Waals surface area contributed by atoms with Gasteiger partial charge in [-0.3, -0.25) is 9.69 Å². The Morgan fingerprint density at radius 1 is 1.39 bits per heavy atom. The third kappa shape index (κ3) is 3.30. The highest BCUT2D eigenvalue weighted by Crippen LogP contribution is 2.43. The minimum absolute atomic E-state index is 0.245. The SMILES string of the molecule is CCOC(=O)C(C)(C)[C@H]1CC[C@@H](c2cccc(F)c2)N1C(=O)O. The zero-order valence-corrected chi connectivity index (χ0v) is 13.6. The number of halogens is 1. The highest BCUT2D eigenvalue weighted by Gasteiger charge is 2.49. The van der Waals surface area contributed by atoms with Crippen LogP contribution in [0.15, 0.2) is 24.3 Å². The number of amides is 1. The minimum atomic E-state index is -1.11. The van der Waals surface area contributed by atoms with Crippen molar-refractivity contribution in [3.8, 4) is 0 Å². The van der Waals surface area contributed by atoms with Gasteiger partial charge in [-0.2, -0.15) is 0 Å². The molecule has 6 heteroatoms. The topological polar surface area (TPSA) is 66.8 Å². The van der Waals surface area contributed by atoms with E-state index in [9.17, 15) is 19.1 Å². The van der Waals surface area contributed by atoms with E-state index in [4.69, 9.17) is 4.74 Å². The van der Waals surface area contributed by atoms with Crippen LogP contribution in [0.25, 0.3) is 0 Å². The fraction of sp³-hybridized carbons (Fsp3) is 0.529. The molecule has 23 heavy (non-hydrogen) atoms. The summed E-state index contributed by atoms with van der Waals surface area (Å²) in [5.41, 5.74) is -0.356. The largest absolute Gasteiger partial charge is 0.466 e. The molecule has 1 aromatic rings. The number of hydrogen-bond donors (Lipinski definition) is 1. The zero-order valence-electron chi connectivity index (χ0n) is 13.6. The van der Waals surface area contributed by atoms with Gasteiger partial charge in [-0.25, -0.2) is 9.18 Å². The van der Waals surface area contributed by atoms with E-state index in [0.717, 1.165) is 0 Å². The van der Waals surface area contributed by atoms with Crippen LogP contribution in [0, 0.1) is 11.2 Å². The summed E-state index contributed by atoms with van der Waals surface area (Å²) in [7, 11) is 0. The molecule has 1 aliphatic rings. The van der Waals surface area contributed by atoms with Gasteiger partial charge in [0.05, 0.1) is 24.1 Å². The minimum Gasteiger partial charge on any atom is -0.466 e. The molecular formula is C17H22FNO4. The second-order valence-electron chi connectivity index (χ2n) is 6.30. The molecule has 0 unspecified atom stereocenters. The molecule has 2 rings (SSSR count). The summed E-state index contributed by atoms with van der Waals surface area (Å²) < 4.78 is 18.6. The molecule has 126 valence electrons. The Bertz CT molecular complexity index is 602. The average Bonchev–Trinajstić information content (AvgIpc) is 2.93. The van der Waals surface area contributed by atoms with Crippen molar-refractivity contribution in [3.63, 3.8) is 0 Å². The first kappa shape index (κ1) is 17.2. The van der Waals surface area contributed by atoms with Crippen LogP contribution in [-0.2, 0) is 9.53 Å². The molecule has 0 spiro atoms. The number of nitrogens with zero attached hydrogens (tertiary/aromatic N) is 1. The number of likely N-dealkylation sites (tertiary alicyclic amines) is 1. The first-order chi connectivity index (χ1) is 10.8. The Morgan fingerprint density at radius 3 is 2.65 bits per heavy atom. The number of esters is 1. The maximum atomic E-state index is 13.5. The van der Waals surface area contributed by atoms with Crippen LogP contribution in [0.5, 0.6) is 0 Å². The van der Waals surface area contributed by atoms with Crippen LogP contribution in [0.1, 0.15) is 45.2 Å². The number of ether oxygens (including phenoxy) is 1. The number of rotatable bonds is 4. The molecule has 1 fully saturated rings. The van der Waals surface area contributed by atoms with Gasteiger partial charge < -0.3 is 9.84 Å². The predicted molar refractivity (Wildman–Crippen MR) is 82.4 cm³/mol. The highest BCUT2D eigenvalue weighted by molar-refractivity contribution is 5.78. The Kier molecular flexibility index (Phi) is 4.92. The number of benzene rings is 1. The molecular weight excluding hydrogens is 301 g/mol. The lowest BCUT2D eigenvalue weighted by atomic mass is 9.83.